The number of ether oxygens (including phenoxy) is 2. The van der Waals surface area contributed by atoms with E-state index in [2.05, 4.69) is 10.1 Å². The summed E-state index contributed by atoms with van der Waals surface area (Å²) in [6, 6.07) is 8.40. The van der Waals surface area contributed by atoms with Crippen molar-refractivity contribution >= 4 is 11.9 Å². The predicted octanol–water partition coefficient (Wildman–Crippen LogP) is 0.972. The summed E-state index contributed by atoms with van der Waals surface area (Å²) in [6.45, 7) is 0. The molecule has 0 saturated heterocycles. The van der Waals surface area contributed by atoms with Gasteiger partial charge in [-0.1, -0.05) is 30.3 Å². The van der Waals surface area contributed by atoms with Gasteiger partial charge < -0.3 is 9.47 Å². The Balaban J connectivity index is 2.31. The maximum Gasteiger partial charge on any atom is 0.335 e. The largest absolute Gasteiger partial charge is 0.468 e. The number of rotatable bonds is 3. The number of nitrogens with one attached hydrogen (secondary N) is 1. The van der Waals surface area contributed by atoms with Gasteiger partial charge in [0, 0.05) is 0 Å². The van der Waals surface area contributed by atoms with E-state index < -0.39 is 18.0 Å². The van der Waals surface area contributed by atoms with Gasteiger partial charge in [0.05, 0.1) is 25.8 Å². The van der Waals surface area contributed by atoms with Gasteiger partial charge in [-0.15, -0.1) is 0 Å². The van der Waals surface area contributed by atoms with E-state index in [1.54, 1.807) is 6.08 Å². The summed E-state index contributed by atoms with van der Waals surface area (Å²) in [5.41, 5.74) is 1.31. The van der Waals surface area contributed by atoms with Crippen LogP contribution in [0.5, 0.6) is 0 Å². The van der Waals surface area contributed by atoms with E-state index in [-0.39, 0.29) is 6.04 Å². The van der Waals surface area contributed by atoms with Crippen molar-refractivity contribution in [3.05, 3.63) is 47.5 Å². The van der Waals surface area contributed by atoms with E-state index in [1.807, 2.05) is 30.3 Å². The molecule has 1 N–H and O–H groups in total. The lowest BCUT2D eigenvalue weighted by Gasteiger charge is -2.16. The molecule has 19 heavy (non-hydrogen) atoms. The molecule has 2 rings (SSSR count). The second-order valence-corrected chi connectivity index (χ2v) is 4.12. The molecule has 1 heterocycles. The number of carbonyl (C=O) groups excluding carboxylic acids is 2. The van der Waals surface area contributed by atoms with Gasteiger partial charge in [-0.05, 0) is 11.6 Å². The summed E-state index contributed by atoms with van der Waals surface area (Å²) in [5, 5.41) is 3.06. The van der Waals surface area contributed by atoms with Gasteiger partial charge in [0.25, 0.3) is 0 Å². The minimum absolute atomic E-state index is 0.363. The number of esters is 2. The molecule has 0 aliphatic carbocycles. The predicted molar refractivity (Wildman–Crippen MR) is 68.2 cm³/mol. The number of hydrogen-bond donors (Lipinski definition) is 1. The Bertz CT molecular complexity index is 509. The Morgan fingerprint density at radius 3 is 2.37 bits per heavy atom. The first-order valence-electron chi connectivity index (χ1n) is 5.86. The van der Waals surface area contributed by atoms with Crippen molar-refractivity contribution in [1.29, 1.82) is 0 Å². The van der Waals surface area contributed by atoms with Crippen LogP contribution >= 0.6 is 0 Å². The highest BCUT2D eigenvalue weighted by molar-refractivity contribution is 5.93. The number of benzene rings is 1. The molecule has 1 aromatic rings. The average molecular weight is 261 g/mol. The molecule has 0 fully saturated rings. The highest BCUT2D eigenvalue weighted by Gasteiger charge is 2.35. The zero-order valence-electron chi connectivity index (χ0n) is 10.8. The van der Waals surface area contributed by atoms with Gasteiger partial charge in [0.15, 0.2) is 0 Å². The van der Waals surface area contributed by atoms with Crippen molar-refractivity contribution < 1.29 is 19.1 Å². The van der Waals surface area contributed by atoms with Crippen molar-refractivity contribution in [3.8, 4) is 0 Å². The molecule has 1 aliphatic rings. The summed E-state index contributed by atoms with van der Waals surface area (Å²) < 4.78 is 9.43. The first-order chi connectivity index (χ1) is 9.17. The Hall–Kier alpha value is -2.14. The second kappa shape index (κ2) is 5.67. The van der Waals surface area contributed by atoms with Crippen LogP contribution in [-0.2, 0) is 19.1 Å². The summed E-state index contributed by atoms with van der Waals surface area (Å²) in [5.74, 6) is -0.882. The Morgan fingerprint density at radius 2 is 1.79 bits per heavy atom. The summed E-state index contributed by atoms with van der Waals surface area (Å²) in [4.78, 5) is 23.3. The minimum Gasteiger partial charge on any atom is -0.468 e. The first-order valence-corrected chi connectivity index (χ1v) is 5.86. The summed E-state index contributed by atoms with van der Waals surface area (Å²) in [6.07, 6.45) is 1.55. The van der Waals surface area contributed by atoms with E-state index in [9.17, 15) is 9.59 Å². The third-order valence-corrected chi connectivity index (χ3v) is 3.01. The number of carbonyl (C=O) groups is 2. The van der Waals surface area contributed by atoms with Crippen LogP contribution in [0, 0.1) is 0 Å². The molecule has 0 unspecified atom stereocenters. The van der Waals surface area contributed by atoms with Crippen LogP contribution in [-0.4, -0.2) is 32.2 Å². The van der Waals surface area contributed by atoms with Crippen LogP contribution in [0.3, 0.4) is 0 Å². The fourth-order valence-electron chi connectivity index (χ4n) is 2.08. The Labute approximate surface area is 111 Å². The molecule has 1 aromatic carbocycles. The SMILES string of the molecule is COC(=O)C1=C[C@@H](C(=O)OC)N[C@H]1c1ccccc1. The van der Waals surface area contributed by atoms with E-state index in [1.165, 1.54) is 14.2 Å². The normalized spacial score (nSPS) is 21.7. The maximum absolute atomic E-state index is 11.8. The number of methoxy groups -OCH3 is 2. The molecule has 1 aliphatic heterocycles. The molecular formula is C14H15NO4. The molecule has 0 saturated carbocycles. The molecule has 2 atom stereocenters. The van der Waals surface area contributed by atoms with E-state index in [0.717, 1.165) is 5.56 Å². The highest BCUT2D eigenvalue weighted by atomic mass is 16.5. The standard InChI is InChI=1S/C14H15NO4/c1-18-13(16)10-8-11(14(17)19-2)15-12(10)9-6-4-3-5-7-9/h3-8,11-12,15H,1-2H3/t11-,12-/m0/s1. The second-order valence-electron chi connectivity index (χ2n) is 4.12. The summed E-state index contributed by atoms with van der Waals surface area (Å²) in [7, 11) is 2.63. The molecule has 0 aromatic heterocycles. The molecule has 0 spiro atoms. The van der Waals surface area contributed by atoms with Gasteiger partial charge in [0.2, 0.25) is 0 Å². The van der Waals surface area contributed by atoms with Gasteiger partial charge >= 0.3 is 11.9 Å². The van der Waals surface area contributed by atoms with Crippen LogP contribution < -0.4 is 5.32 Å². The zero-order valence-corrected chi connectivity index (χ0v) is 10.8. The lowest BCUT2D eigenvalue weighted by molar-refractivity contribution is -0.141. The number of hydrogen-bond acceptors (Lipinski definition) is 5. The van der Waals surface area contributed by atoms with Crippen LogP contribution in [0.2, 0.25) is 0 Å². The van der Waals surface area contributed by atoms with Crippen molar-refractivity contribution in [2.45, 2.75) is 12.1 Å². The highest BCUT2D eigenvalue weighted by Crippen LogP contribution is 2.28. The first kappa shape index (κ1) is 13.3. The van der Waals surface area contributed by atoms with E-state index >= 15 is 0 Å². The van der Waals surface area contributed by atoms with Crippen molar-refractivity contribution in [3.63, 3.8) is 0 Å². The monoisotopic (exact) mass is 261 g/mol. The minimum atomic E-state index is -0.635. The van der Waals surface area contributed by atoms with Crippen LogP contribution in [0.1, 0.15) is 11.6 Å². The third kappa shape index (κ3) is 2.66. The van der Waals surface area contributed by atoms with Gasteiger partial charge in [0.1, 0.15) is 6.04 Å². The average Bonchev–Trinajstić information content (AvgIpc) is 2.91. The fraction of sp³-hybridized carbons (Fsp3) is 0.286. The quantitative estimate of drug-likeness (QED) is 0.821. The van der Waals surface area contributed by atoms with Gasteiger partial charge in [-0.3, -0.25) is 10.1 Å². The molecular weight excluding hydrogens is 246 g/mol. The molecule has 100 valence electrons. The topological polar surface area (TPSA) is 64.6 Å². The lowest BCUT2D eigenvalue weighted by atomic mass is 10.0. The lowest BCUT2D eigenvalue weighted by Crippen LogP contribution is -2.34. The van der Waals surface area contributed by atoms with Crippen molar-refractivity contribution in [2.24, 2.45) is 0 Å². The smallest absolute Gasteiger partial charge is 0.335 e. The third-order valence-electron chi connectivity index (χ3n) is 3.01. The molecule has 5 nitrogen and oxygen atoms in total. The van der Waals surface area contributed by atoms with E-state index in [4.69, 9.17) is 4.74 Å². The Kier molecular flexibility index (Phi) is 3.97. The van der Waals surface area contributed by atoms with Gasteiger partial charge in [-0.25, -0.2) is 4.79 Å². The van der Waals surface area contributed by atoms with Crippen LogP contribution in [0.15, 0.2) is 42.0 Å². The zero-order chi connectivity index (χ0) is 13.8. The van der Waals surface area contributed by atoms with Crippen LogP contribution in [0.25, 0.3) is 0 Å². The van der Waals surface area contributed by atoms with Gasteiger partial charge in [-0.2, -0.15) is 0 Å². The van der Waals surface area contributed by atoms with Crippen LogP contribution in [0.4, 0.5) is 0 Å². The molecule has 0 bridgehead atoms. The summed E-state index contributed by atoms with van der Waals surface area (Å²) >= 11 is 0. The molecule has 0 amide bonds. The molecule has 0 radical (unpaired) electrons. The maximum atomic E-state index is 11.8. The van der Waals surface area contributed by atoms with Crippen molar-refractivity contribution in [1.82, 2.24) is 5.32 Å². The Morgan fingerprint density at radius 1 is 1.11 bits per heavy atom. The van der Waals surface area contributed by atoms with Crippen molar-refractivity contribution in [2.75, 3.05) is 14.2 Å². The fourth-order valence-corrected chi connectivity index (χ4v) is 2.08. The van der Waals surface area contributed by atoms with E-state index in [0.29, 0.717) is 5.57 Å². The molecule has 5 heteroatoms.